The van der Waals surface area contributed by atoms with Crippen molar-refractivity contribution in [2.75, 3.05) is 5.32 Å². The van der Waals surface area contributed by atoms with Gasteiger partial charge in [-0.15, -0.1) is 0 Å². The number of carboxylic acids is 1. The van der Waals surface area contributed by atoms with Crippen LogP contribution in [0.1, 0.15) is 24.8 Å². The Morgan fingerprint density at radius 2 is 1.94 bits per heavy atom. The van der Waals surface area contributed by atoms with Gasteiger partial charge in [-0.05, 0) is 23.6 Å². The Hall–Kier alpha value is -2.04. The Bertz CT molecular complexity index is 387. The monoisotopic (exact) mass is 222 g/mol. The van der Waals surface area contributed by atoms with Crippen molar-refractivity contribution in [1.82, 2.24) is 0 Å². The Balaban J connectivity index is 2.70. The molecule has 1 unspecified atom stereocenters. The number of nitrogens with one attached hydrogen (secondary N) is 1. The zero-order valence-electron chi connectivity index (χ0n) is 8.93. The van der Waals surface area contributed by atoms with Gasteiger partial charge in [-0.25, -0.2) is 4.79 Å². The molecule has 1 rings (SSSR count). The lowest BCUT2D eigenvalue weighted by molar-refractivity contribution is -0.137. The zero-order chi connectivity index (χ0) is 12.1. The number of hydrogen-bond donors (Lipinski definition) is 3. The minimum absolute atomic E-state index is 0.0554. The maximum absolute atomic E-state index is 10.6. The minimum Gasteiger partial charge on any atom is -0.481 e. The molecule has 5 heteroatoms. The Kier molecular flexibility index (Phi) is 3.88. The molecule has 1 aromatic carbocycles. The van der Waals surface area contributed by atoms with Gasteiger partial charge in [-0.2, -0.15) is 0 Å². The molecule has 0 saturated carbocycles. The van der Waals surface area contributed by atoms with Crippen molar-refractivity contribution in [2.45, 2.75) is 19.3 Å². The third kappa shape index (κ3) is 3.61. The third-order valence-electron chi connectivity index (χ3n) is 2.23. The van der Waals surface area contributed by atoms with E-state index in [-0.39, 0.29) is 12.3 Å². The molecule has 0 aliphatic rings. The topological polar surface area (TPSA) is 92.4 Å². The number of carboxylic acid groups (broad SMARTS) is 1. The van der Waals surface area contributed by atoms with Crippen LogP contribution in [0.2, 0.25) is 0 Å². The van der Waals surface area contributed by atoms with Crippen LogP contribution in [-0.2, 0) is 4.79 Å². The summed E-state index contributed by atoms with van der Waals surface area (Å²) in [5.74, 6) is -0.882. The van der Waals surface area contributed by atoms with E-state index in [9.17, 15) is 9.59 Å². The number of nitrogens with two attached hydrogens (primary N) is 1. The smallest absolute Gasteiger partial charge is 0.316 e. The summed E-state index contributed by atoms with van der Waals surface area (Å²) in [5.41, 5.74) is 6.47. The van der Waals surface area contributed by atoms with E-state index in [0.717, 1.165) is 5.56 Å². The van der Waals surface area contributed by atoms with E-state index in [1.807, 2.05) is 6.92 Å². The average molecular weight is 222 g/mol. The normalized spacial score (nSPS) is 11.8. The van der Waals surface area contributed by atoms with Gasteiger partial charge in [-0.3, -0.25) is 4.79 Å². The van der Waals surface area contributed by atoms with Crippen molar-refractivity contribution in [1.29, 1.82) is 0 Å². The third-order valence-corrected chi connectivity index (χ3v) is 2.23. The lowest BCUT2D eigenvalue weighted by Gasteiger charge is -2.09. The molecule has 16 heavy (non-hydrogen) atoms. The molecular weight excluding hydrogens is 208 g/mol. The Morgan fingerprint density at radius 1 is 1.38 bits per heavy atom. The molecule has 0 spiro atoms. The molecule has 0 bridgehead atoms. The van der Waals surface area contributed by atoms with E-state index < -0.39 is 12.0 Å². The molecule has 0 aliphatic carbocycles. The summed E-state index contributed by atoms with van der Waals surface area (Å²) in [7, 11) is 0. The predicted molar refractivity (Wildman–Crippen MR) is 60.3 cm³/mol. The van der Waals surface area contributed by atoms with Gasteiger partial charge in [0.1, 0.15) is 0 Å². The second-order valence-electron chi connectivity index (χ2n) is 3.61. The summed E-state index contributed by atoms with van der Waals surface area (Å²) in [4.78, 5) is 21.1. The van der Waals surface area contributed by atoms with Crippen LogP contribution in [0, 0.1) is 0 Å². The SMILES string of the molecule is CC(CC(=O)O)c1ccc(NC(N)=O)cc1. The summed E-state index contributed by atoms with van der Waals surface area (Å²) < 4.78 is 0. The average Bonchev–Trinajstić information content (AvgIpc) is 2.16. The van der Waals surface area contributed by atoms with Crippen LogP contribution in [0.3, 0.4) is 0 Å². The van der Waals surface area contributed by atoms with E-state index in [2.05, 4.69) is 5.32 Å². The first-order valence-corrected chi connectivity index (χ1v) is 4.87. The molecule has 1 aromatic rings. The van der Waals surface area contributed by atoms with Gasteiger partial charge < -0.3 is 16.2 Å². The highest BCUT2D eigenvalue weighted by atomic mass is 16.4. The lowest BCUT2D eigenvalue weighted by Crippen LogP contribution is -2.19. The van der Waals surface area contributed by atoms with Crippen LogP contribution in [0.5, 0.6) is 0 Å². The van der Waals surface area contributed by atoms with Crippen LogP contribution in [0.25, 0.3) is 0 Å². The van der Waals surface area contributed by atoms with E-state index in [1.165, 1.54) is 0 Å². The first-order valence-electron chi connectivity index (χ1n) is 4.87. The molecular formula is C11H14N2O3. The number of aliphatic carboxylic acids is 1. The van der Waals surface area contributed by atoms with Gasteiger partial charge >= 0.3 is 12.0 Å². The fourth-order valence-electron chi connectivity index (χ4n) is 1.42. The molecule has 2 amide bonds. The van der Waals surface area contributed by atoms with Crippen molar-refractivity contribution < 1.29 is 14.7 Å². The number of anilines is 1. The van der Waals surface area contributed by atoms with Crippen molar-refractivity contribution in [2.24, 2.45) is 5.73 Å². The summed E-state index contributed by atoms with van der Waals surface area (Å²) in [6.07, 6.45) is 0.0859. The van der Waals surface area contributed by atoms with E-state index in [4.69, 9.17) is 10.8 Å². The van der Waals surface area contributed by atoms with E-state index in [1.54, 1.807) is 24.3 Å². The van der Waals surface area contributed by atoms with Crippen LogP contribution in [0.4, 0.5) is 10.5 Å². The minimum atomic E-state index is -0.827. The van der Waals surface area contributed by atoms with Crippen molar-refractivity contribution >= 4 is 17.7 Å². The predicted octanol–water partition coefficient (Wildman–Crippen LogP) is 1.76. The van der Waals surface area contributed by atoms with Crippen LogP contribution in [-0.4, -0.2) is 17.1 Å². The second kappa shape index (κ2) is 5.16. The van der Waals surface area contributed by atoms with E-state index >= 15 is 0 Å². The van der Waals surface area contributed by atoms with Gasteiger partial charge in [0.15, 0.2) is 0 Å². The number of benzene rings is 1. The van der Waals surface area contributed by atoms with Crippen molar-refractivity contribution in [3.05, 3.63) is 29.8 Å². The first kappa shape index (κ1) is 12.0. The number of primary amides is 1. The standard InChI is InChI=1S/C11H14N2O3/c1-7(6-10(14)15)8-2-4-9(5-3-8)13-11(12)16/h2-5,7H,6H2,1H3,(H,14,15)(H3,12,13,16). The summed E-state index contributed by atoms with van der Waals surface area (Å²) >= 11 is 0. The molecule has 0 aliphatic heterocycles. The second-order valence-corrected chi connectivity index (χ2v) is 3.61. The maximum atomic E-state index is 10.6. The highest BCUT2D eigenvalue weighted by molar-refractivity contribution is 5.87. The molecule has 0 fully saturated rings. The Labute approximate surface area is 93.3 Å². The molecule has 4 N–H and O–H groups in total. The highest BCUT2D eigenvalue weighted by Gasteiger charge is 2.09. The summed E-state index contributed by atoms with van der Waals surface area (Å²) in [6, 6.07) is 6.32. The molecule has 0 saturated heterocycles. The van der Waals surface area contributed by atoms with Crippen molar-refractivity contribution in [3.63, 3.8) is 0 Å². The van der Waals surface area contributed by atoms with Gasteiger partial charge in [-0.1, -0.05) is 19.1 Å². The number of carbonyl (C=O) groups excluding carboxylic acids is 1. The number of hydrogen-bond acceptors (Lipinski definition) is 2. The molecule has 86 valence electrons. The zero-order valence-corrected chi connectivity index (χ0v) is 8.93. The maximum Gasteiger partial charge on any atom is 0.316 e. The van der Waals surface area contributed by atoms with Gasteiger partial charge in [0.05, 0.1) is 6.42 Å². The lowest BCUT2D eigenvalue weighted by atomic mass is 9.98. The molecule has 1 atom stereocenters. The molecule has 5 nitrogen and oxygen atoms in total. The van der Waals surface area contributed by atoms with Crippen LogP contribution >= 0.6 is 0 Å². The quantitative estimate of drug-likeness (QED) is 0.724. The number of amides is 2. The fourth-order valence-corrected chi connectivity index (χ4v) is 1.42. The molecule has 0 aromatic heterocycles. The molecule has 0 heterocycles. The highest BCUT2D eigenvalue weighted by Crippen LogP contribution is 2.20. The summed E-state index contributed by atoms with van der Waals surface area (Å²) in [5, 5.41) is 11.1. The Morgan fingerprint density at radius 3 is 2.38 bits per heavy atom. The number of urea groups is 1. The van der Waals surface area contributed by atoms with Gasteiger partial charge in [0.2, 0.25) is 0 Å². The van der Waals surface area contributed by atoms with Crippen LogP contribution < -0.4 is 11.1 Å². The van der Waals surface area contributed by atoms with Crippen LogP contribution in [0.15, 0.2) is 24.3 Å². The largest absolute Gasteiger partial charge is 0.481 e. The number of rotatable bonds is 4. The first-order chi connectivity index (χ1) is 7.49. The van der Waals surface area contributed by atoms with Crippen molar-refractivity contribution in [3.8, 4) is 0 Å². The van der Waals surface area contributed by atoms with Gasteiger partial charge in [0.25, 0.3) is 0 Å². The fraction of sp³-hybridized carbons (Fsp3) is 0.273. The van der Waals surface area contributed by atoms with E-state index in [0.29, 0.717) is 5.69 Å². The number of carbonyl (C=O) groups is 2. The summed E-state index contributed by atoms with van der Waals surface area (Å²) in [6.45, 7) is 1.84. The van der Waals surface area contributed by atoms with Gasteiger partial charge in [0, 0.05) is 5.69 Å². The molecule has 0 radical (unpaired) electrons.